The van der Waals surface area contributed by atoms with E-state index in [0.29, 0.717) is 48.8 Å². The van der Waals surface area contributed by atoms with Gasteiger partial charge in [-0.3, -0.25) is 15.0 Å². The summed E-state index contributed by atoms with van der Waals surface area (Å²) >= 11 is 0. The first kappa shape index (κ1) is 29.1. The van der Waals surface area contributed by atoms with Crippen molar-refractivity contribution in [3.8, 4) is 16.9 Å². The van der Waals surface area contributed by atoms with Gasteiger partial charge >= 0.3 is 11.7 Å². The molecule has 0 amide bonds. The molecule has 0 fully saturated rings. The highest BCUT2D eigenvalue weighted by Gasteiger charge is 2.36. The third-order valence-corrected chi connectivity index (χ3v) is 7.72. The molecule has 2 heterocycles. The molecule has 1 unspecified atom stereocenters. The largest absolute Gasteiger partial charge is 0.465 e. The van der Waals surface area contributed by atoms with Crippen molar-refractivity contribution >= 4 is 11.7 Å². The van der Waals surface area contributed by atoms with Gasteiger partial charge in [0.15, 0.2) is 0 Å². The second-order valence-electron chi connectivity index (χ2n) is 10.1. The first-order valence-corrected chi connectivity index (χ1v) is 14.1. The zero-order valence-corrected chi connectivity index (χ0v) is 23.8. The van der Waals surface area contributed by atoms with Crippen molar-refractivity contribution in [2.75, 3.05) is 13.2 Å². The van der Waals surface area contributed by atoms with Gasteiger partial charge < -0.3 is 4.74 Å². The number of ether oxygens (including phenoxy) is 1. The minimum atomic E-state index is -1.14. The van der Waals surface area contributed by atoms with Crippen LogP contribution in [0.15, 0.2) is 60.7 Å². The van der Waals surface area contributed by atoms with Crippen LogP contribution in [0.5, 0.6) is 0 Å². The number of rotatable bonds is 9. The first-order chi connectivity index (χ1) is 20.3. The van der Waals surface area contributed by atoms with E-state index in [-0.39, 0.29) is 18.7 Å². The third kappa shape index (κ3) is 5.30. The number of fused-ring (bicyclic) bond motifs is 1. The van der Waals surface area contributed by atoms with Crippen molar-refractivity contribution in [3.63, 3.8) is 0 Å². The quantitative estimate of drug-likeness (QED) is 0.129. The number of benzene rings is 3. The molecule has 1 aromatic heterocycles. The monoisotopic (exact) mass is 574 g/mol. The molecule has 8 nitrogen and oxygen atoms in total. The van der Waals surface area contributed by atoms with Crippen molar-refractivity contribution in [3.05, 3.63) is 110 Å². The summed E-state index contributed by atoms with van der Waals surface area (Å²) in [7, 11) is 0. The lowest BCUT2D eigenvalue weighted by Crippen LogP contribution is -2.39. The highest BCUT2D eigenvalue weighted by molar-refractivity contribution is 5.78. The van der Waals surface area contributed by atoms with Crippen molar-refractivity contribution < 1.29 is 23.2 Å². The molecule has 0 aliphatic carbocycles. The number of carbonyl (C=O) groups excluding carboxylic acids is 1. The van der Waals surface area contributed by atoms with Crippen LogP contribution >= 0.6 is 0 Å². The Hall–Kier alpha value is -4.44. The van der Waals surface area contributed by atoms with E-state index in [1.165, 1.54) is 0 Å². The van der Waals surface area contributed by atoms with Crippen LogP contribution in [0, 0.1) is 21.7 Å². The molecule has 4 aromatic rings. The first-order valence-electron chi connectivity index (χ1n) is 14.1. The number of nitro groups is 1. The van der Waals surface area contributed by atoms with Crippen LogP contribution in [-0.4, -0.2) is 38.7 Å². The Labute approximate surface area is 242 Å². The lowest BCUT2D eigenvalue weighted by molar-refractivity contribution is -0.387. The SMILES string of the molecule is CCOC(=O)C(c1ccccc1)N1CCc2nn(-c3c(CC)cccc3CC)c(-c3cc(F)c([N+](=O)[O-])cc3F)c2C1. The Morgan fingerprint density at radius 3 is 2.33 bits per heavy atom. The van der Waals surface area contributed by atoms with Gasteiger partial charge in [-0.15, -0.1) is 0 Å². The average molecular weight is 575 g/mol. The Kier molecular flexibility index (Phi) is 8.44. The number of hydrogen-bond acceptors (Lipinski definition) is 6. The smallest absolute Gasteiger partial charge is 0.328 e. The molecular formula is C32H32F2N4O4. The highest BCUT2D eigenvalue weighted by Crippen LogP contribution is 2.39. The molecule has 0 bridgehead atoms. The lowest BCUT2D eigenvalue weighted by Gasteiger charge is -2.33. The van der Waals surface area contributed by atoms with Crippen molar-refractivity contribution in [1.29, 1.82) is 0 Å². The molecule has 218 valence electrons. The predicted octanol–water partition coefficient (Wildman–Crippen LogP) is 6.51. The van der Waals surface area contributed by atoms with E-state index in [1.807, 2.05) is 67.3 Å². The molecule has 5 rings (SSSR count). The molecule has 0 N–H and O–H groups in total. The van der Waals surface area contributed by atoms with Gasteiger partial charge in [0.25, 0.3) is 0 Å². The summed E-state index contributed by atoms with van der Waals surface area (Å²) in [5.41, 5.74) is 4.06. The van der Waals surface area contributed by atoms with E-state index >= 15 is 8.78 Å². The molecule has 0 saturated carbocycles. The van der Waals surface area contributed by atoms with E-state index in [1.54, 1.807) is 11.6 Å². The predicted molar refractivity (Wildman–Crippen MR) is 154 cm³/mol. The third-order valence-electron chi connectivity index (χ3n) is 7.72. The van der Waals surface area contributed by atoms with Gasteiger partial charge in [0.1, 0.15) is 11.9 Å². The second kappa shape index (κ2) is 12.2. The molecule has 1 aliphatic heterocycles. The number of hydrogen-bond donors (Lipinski definition) is 0. The summed E-state index contributed by atoms with van der Waals surface area (Å²) < 4.78 is 37.9. The van der Waals surface area contributed by atoms with Crippen molar-refractivity contribution in [2.24, 2.45) is 0 Å². The fourth-order valence-corrected chi connectivity index (χ4v) is 5.75. The number of nitrogens with zero attached hydrogens (tertiary/aromatic N) is 4. The topological polar surface area (TPSA) is 90.5 Å². The summed E-state index contributed by atoms with van der Waals surface area (Å²) in [5, 5.41) is 16.3. The number of carbonyl (C=O) groups is 1. The maximum atomic E-state index is 15.7. The molecular weight excluding hydrogens is 542 g/mol. The standard InChI is InChI=1S/C32H32F2N4O4/c1-4-20-13-10-14-21(5-2)29(20)37-31(23-17-26(34)28(38(40)41)18-25(23)33)24-19-36(16-15-27(24)35-37)30(32(39)42-6-3)22-11-8-7-9-12-22/h7-14,17-18,30H,4-6,15-16,19H2,1-3H3. The van der Waals surface area contributed by atoms with Gasteiger partial charge in [-0.2, -0.15) is 9.49 Å². The Balaban J connectivity index is 1.74. The summed E-state index contributed by atoms with van der Waals surface area (Å²) in [5.74, 6) is -2.47. The number of aryl methyl sites for hydroxylation is 2. The molecule has 42 heavy (non-hydrogen) atoms. The fraction of sp³-hybridized carbons (Fsp3) is 0.312. The van der Waals surface area contributed by atoms with Gasteiger partial charge in [0.2, 0.25) is 5.82 Å². The Morgan fingerprint density at radius 1 is 1.02 bits per heavy atom. The van der Waals surface area contributed by atoms with Crippen LogP contribution in [0.3, 0.4) is 0 Å². The minimum absolute atomic E-state index is 0.131. The van der Waals surface area contributed by atoms with Gasteiger partial charge in [0.05, 0.1) is 34.7 Å². The van der Waals surface area contributed by atoms with E-state index in [2.05, 4.69) is 0 Å². The van der Waals surface area contributed by atoms with Crippen molar-refractivity contribution in [1.82, 2.24) is 14.7 Å². The normalized spacial score (nSPS) is 13.9. The molecule has 1 aliphatic rings. The zero-order chi connectivity index (χ0) is 30.0. The number of esters is 1. The number of halogens is 2. The van der Waals surface area contributed by atoms with Gasteiger partial charge in [-0.25, -0.2) is 13.9 Å². The fourth-order valence-electron chi connectivity index (χ4n) is 5.75. The van der Waals surface area contributed by atoms with E-state index < -0.39 is 34.3 Å². The summed E-state index contributed by atoms with van der Waals surface area (Å²) in [6.07, 6.45) is 1.80. The summed E-state index contributed by atoms with van der Waals surface area (Å²) in [6, 6.07) is 16.0. The maximum absolute atomic E-state index is 15.7. The lowest BCUT2D eigenvalue weighted by atomic mass is 9.96. The van der Waals surface area contributed by atoms with Crippen LogP contribution in [-0.2, 0) is 35.3 Å². The summed E-state index contributed by atoms with van der Waals surface area (Å²) in [4.78, 5) is 25.6. The molecule has 10 heteroatoms. The zero-order valence-electron chi connectivity index (χ0n) is 23.8. The van der Waals surface area contributed by atoms with Gasteiger partial charge in [-0.1, -0.05) is 62.4 Å². The van der Waals surface area contributed by atoms with Crippen LogP contribution in [0.2, 0.25) is 0 Å². The minimum Gasteiger partial charge on any atom is -0.465 e. The molecule has 0 radical (unpaired) electrons. The Morgan fingerprint density at radius 2 is 1.71 bits per heavy atom. The van der Waals surface area contributed by atoms with Crippen LogP contribution in [0.4, 0.5) is 14.5 Å². The van der Waals surface area contributed by atoms with Gasteiger partial charge in [0, 0.05) is 30.6 Å². The number of nitro benzene ring substituents is 1. The molecule has 1 atom stereocenters. The van der Waals surface area contributed by atoms with E-state index in [4.69, 9.17) is 9.84 Å². The Bertz CT molecular complexity index is 1620. The van der Waals surface area contributed by atoms with Crippen molar-refractivity contribution in [2.45, 2.75) is 52.6 Å². The number of aromatic nitrogens is 2. The average Bonchev–Trinajstić information content (AvgIpc) is 3.36. The van der Waals surface area contributed by atoms with Gasteiger partial charge in [-0.05, 0) is 42.5 Å². The molecule has 0 spiro atoms. The molecule has 0 saturated heterocycles. The van der Waals surface area contributed by atoms with Crippen LogP contribution < -0.4 is 0 Å². The van der Waals surface area contributed by atoms with E-state index in [9.17, 15) is 14.9 Å². The number of para-hydroxylation sites is 1. The molecule has 3 aromatic carbocycles. The summed E-state index contributed by atoms with van der Waals surface area (Å²) in [6.45, 7) is 6.67. The maximum Gasteiger partial charge on any atom is 0.328 e. The van der Waals surface area contributed by atoms with E-state index in [0.717, 1.165) is 28.4 Å². The second-order valence-corrected chi connectivity index (χ2v) is 10.1. The van der Waals surface area contributed by atoms with Crippen LogP contribution in [0.1, 0.15) is 54.8 Å². The van der Waals surface area contributed by atoms with Crippen LogP contribution in [0.25, 0.3) is 16.9 Å². The highest BCUT2D eigenvalue weighted by atomic mass is 19.1.